The van der Waals surface area contributed by atoms with E-state index in [-0.39, 0.29) is 24.2 Å². The average Bonchev–Trinajstić information content (AvgIpc) is 3.22. The number of ether oxygens (including phenoxy) is 2. The Morgan fingerprint density at radius 3 is 2.59 bits per heavy atom. The van der Waals surface area contributed by atoms with Crippen LogP contribution in [-0.4, -0.2) is 53.3 Å². The van der Waals surface area contributed by atoms with Crippen molar-refractivity contribution in [1.29, 1.82) is 0 Å². The van der Waals surface area contributed by atoms with Crippen molar-refractivity contribution in [2.75, 3.05) is 26.4 Å². The number of hydrogen-bond acceptors (Lipinski definition) is 6. The summed E-state index contributed by atoms with van der Waals surface area (Å²) in [4.78, 5) is 40.2. The molecule has 0 N–H and O–H groups in total. The number of rotatable bonds is 3. The van der Waals surface area contributed by atoms with E-state index in [4.69, 9.17) is 21.1 Å². The molecule has 3 aliphatic heterocycles. The fourth-order valence-corrected chi connectivity index (χ4v) is 4.24. The molecule has 0 atom stereocenters. The molecule has 0 unspecified atom stereocenters. The third-order valence-electron chi connectivity index (χ3n) is 4.65. The summed E-state index contributed by atoms with van der Waals surface area (Å²) in [5, 5.41) is -0.0658. The lowest BCUT2D eigenvalue weighted by Gasteiger charge is -2.27. The lowest BCUT2D eigenvalue weighted by Crippen LogP contribution is -2.44. The Kier molecular flexibility index (Phi) is 5.01. The van der Waals surface area contributed by atoms with Crippen LogP contribution in [0.3, 0.4) is 0 Å². The molecule has 0 bridgehead atoms. The van der Waals surface area contributed by atoms with Crippen LogP contribution in [-0.2, 0) is 9.59 Å². The normalized spacial score (nSPS) is 20.7. The molecule has 27 heavy (non-hydrogen) atoms. The van der Waals surface area contributed by atoms with Gasteiger partial charge in [-0.3, -0.25) is 19.3 Å². The molecule has 9 heteroatoms. The quantitative estimate of drug-likeness (QED) is 0.715. The van der Waals surface area contributed by atoms with Crippen molar-refractivity contribution >= 4 is 46.5 Å². The summed E-state index contributed by atoms with van der Waals surface area (Å²) in [5.74, 6) is 0.394. The van der Waals surface area contributed by atoms with Gasteiger partial charge in [0.15, 0.2) is 11.5 Å². The smallest absolute Gasteiger partial charge is 0.294 e. The minimum absolute atomic E-state index is 0.115. The zero-order valence-electron chi connectivity index (χ0n) is 14.4. The molecule has 2 fully saturated rings. The molecular weight excluding hydrogens is 392 g/mol. The number of amides is 3. The third-order valence-corrected chi connectivity index (χ3v) is 5.89. The monoisotopic (exact) mass is 408 g/mol. The first-order valence-electron chi connectivity index (χ1n) is 8.65. The number of likely N-dealkylation sites (tertiary alicyclic amines) is 1. The van der Waals surface area contributed by atoms with Crippen molar-refractivity contribution in [3.8, 4) is 11.5 Å². The summed E-state index contributed by atoms with van der Waals surface area (Å²) in [7, 11) is 0. The highest BCUT2D eigenvalue weighted by molar-refractivity contribution is 8.18. The second-order valence-electron chi connectivity index (χ2n) is 6.44. The van der Waals surface area contributed by atoms with E-state index in [0.717, 1.165) is 35.9 Å². The van der Waals surface area contributed by atoms with Gasteiger partial charge in [0.25, 0.3) is 11.1 Å². The van der Waals surface area contributed by atoms with E-state index in [2.05, 4.69) is 0 Å². The van der Waals surface area contributed by atoms with Gasteiger partial charge in [0.2, 0.25) is 12.7 Å². The number of fused-ring (bicyclic) bond motifs is 1. The fourth-order valence-electron chi connectivity index (χ4n) is 3.20. The van der Waals surface area contributed by atoms with Gasteiger partial charge >= 0.3 is 0 Å². The maximum atomic E-state index is 12.6. The van der Waals surface area contributed by atoms with Crippen LogP contribution in [0.25, 0.3) is 6.08 Å². The third kappa shape index (κ3) is 3.64. The van der Waals surface area contributed by atoms with Gasteiger partial charge in [-0.15, -0.1) is 0 Å². The second kappa shape index (κ2) is 7.44. The van der Waals surface area contributed by atoms with E-state index in [1.54, 1.807) is 23.1 Å². The predicted molar refractivity (Wildman–Crippen MR) is 101 cm³/mol. The first-order valence-corrected chi connectivity index (χ1v) is 9.84. The highest BCUT2D eigenvalue weighted by atomic mass is 35.5. The van der Waals surface area contributed by atoms with Gasteiger partial charge in [0.1, 0.15) is 6.54 Å². The van der Waals surface area contributed by atoms with Crippen LogP contribution in [0.15, 0.2) is 17.0 Å². The van der Waals surface area contributed by atoms with Crippen molar-refractivity contribution < 1.29 is 23.9 Å². The molecule has 0 aliphatic carbocycles. The number of carbonyl (C=O) groups is 3. The lowest BCUT2D eigenvalue weighted by atomic mass is 10.1. The maximum Gasteiger partial charge on any atom is 0.294 e. The van der Waals surface area contributed by atoms with Crippen LogP contribution < -0.4 is 9.47 Å². The van der Waals surface area contributed by atoms with E-state index in [0.29, 0.717) is 35.2 Å². The van der Waals surface area contributed by atoms with Crippen LogP contribution in [0.1, 0.15) is 24.8 Å². The Morgan fingerprint density at radius 2 is 1.85 bits per heavy atom. The first-order chi connectivity index (χ1) is 13.0. The molecule has 2 saturated heterocycles. The fraction of sp³-hybridized carbons (Fsp3) is 0.389. The summed E-state index contributed by atoms with van der Waals surface area (Å²) in [5.41, 5.74) is 0.550. The van der Waals surface area contributed by atoms with Gasteiger partial charge in [0.05, 0.1) is 9.93 Å². The molecule has 0 radical (unpaired) electrons. The minimum atomic E-state index is -0.482. The highest BCUT2D eigenvalue weighted by Gasteiger charge is 2.37. The Bertz CT molecular complexity index is 850. The highest BCUT2D eigenvalue weighted by Crippen LogP contribution is 2.39. The van der Waals surface area contributed by atoms with Gasteiger partial charge in [-0.2, -0.15) is 0 Å². The second-order valence-corrected chi connectivity index (χ2v) is 7.84. The van der Waals surface area contributed by atoms with Gasteiger partial charge in [-0.05, 0) is 48.7 Å². The summed E-state index contributed by atoms with van der Waals surface area (Å²) in [6, 6.07) is 3.28. The number of nitrogens with zero attached hydrogens (tertiary/aromatic N) is 2. The van der Waals surface area contributed by atoms with E-state index < -0.39 is 11.1 Å². The maximum absolute atomic E-state index is 12.6. The number of thioether (sulfide) groups is 1. The summed E-state index contributed by atoms with van der Waals surface area (Å²) in [6.07, 6.45) is 4.55. The van der Waals surface area contributed by atoms with Crippen molar-refractivity contribution in [3.63, 3.8) is 0 Å². The van der Waals surface area contributed by atoms with E-state index >= 15 is 0 Å². The molecule has 3 aliphatic rings. The summed E-state index contributed by atoms with van der Waals surface area (Å²) >= 11 is 7.04. The zero-order chi connectivity index (χ0) is 19.0. The number of hydrogen-bond donors (Lipinski definition) is 0. The molecule has 4 rings (SSSR count). The number of carbonyl (C=O) groups excluding carboxylic acids is 3. The summed E-state index contributed by atoms with van der Waals surface area (Å²) in [6.45, 7) is 1.25. The Hall–Kier alpha value is -2.19. The van der Waals surface area contributed by atoms with Gasteiger partial charge in [-0.1, -0.05) is 11.6 Å². The zero-order valence-corrected chi connectivity index (χ0v) is 16.0. The molecular formula is C18H17ClN2O5S. The Morgan fingerprint density at radius 1 is 1.15 bits per heavy atom. The Balaban J connectivity index is 1.51. The van der Waals surface area contributed by atoms with Crippen molar-refractivity contribution in [2.45, 2.75) is 19.3 Å². The minimum Gasteiger partial charge on any atom is -0.454 e. The molecule has 0 aromatic heterocycles. The standard InChI is InChI=1S/C18H17ClN2O5S/c19-12-8-14-13(25-10-26-14)6-11(12)7-15-17(23)21(18(24)27-15)9-16(22)20-4-2-1-3-5-20/h6-8H,1-5,9-10H2/b15-7-. The van der Waals surface area contributed by atoms with Crippen molar-refractivity contribution in [3.05, 3.63) is 27.6 Å². The first kappa shape index (κ1) is 18.2. The summed E-state index contributed by atoms with van der Waals surface area (Å²) < 4.78 is 10.6. The molecule has 0 saturated carbocycles. The number of benzene rings is 1. The van der Waals surface area contributed by atoms with Crippen LogP contribution in [0.5, 0.6) is 11.5 Å². The lowest BCUT2D eigenvalue weighted by molar-refractivity contribution is -0.136. The van der Waals surface area contributed by atoms with E-state index in [1.165, 1.54) is 0 Å². The topological polar surface area (TPSA) is 76.1 Å². The van der Waals surface area contributed by atoms with Crippen LogP contribution in [0.2, 0.25) is 5.02 Å². The average molecular weight is 409 g/mol. The van der Waals surface area contributed by atoms with Gasteiger partial charge in [-0.25, -0.2) is 0 Å². The van der Waals surface area contributed by atoms with Crippen molar-refractivity contribution in [2.24, 2.45) is 0 Å². The Labute approximate surface area is 165 Å². The van der Waals surface area contributed by atoms with E-state index in [1.807, 2.05) is 0 Å². The van der Waals surface area contributed by atoms with Crippen LogP contribution in [0, 0.1) is 0 Å². The molecule has 3 heterocycles. The van der Waals surface area contributed by atoms with Crippen LogP contribution in [0.4, 0.5) is 4.79 Å². The van der Waals surface area contributed by atoms with Crippen LogP contribution >= 0.6 is 23.4 Å². The molecule has 142 valence electrons. The van der Waals surface area contributed by atoms with Gasteiger partial charge < -0.3 is 14.4 Å². The van der Waals surface area contributed by atoms with Gasteiger partial charge in [0, 0.05) is 19.2 Å². The number of halogens is 1. The predicted octanol–water partition coefficient (Wildman–Crippen LogP) is 3.12. The molecule has 3 amide bonds. The SMILES string of the molecule is O=C(CN1C(=O)S/C(=C\c2cc3c(cc2Cl)OCO3)C1=O)N1CCCCC1. The molecule has 1 aromatic carbocycles. The largest absolute Gasteiger partial charge is 0.454 e. The van der Waals surface area contributed by atoms with E-state index in [9.17, 15) is 14.4 Å². The molecule has 1 aromatic rings. The molecule has 7 nitrogen and oxygen atoms in total. The van der Waals surface area contributed by atoms with Crippen molar-refractivity contribution in [1.82, 2.24) is 9.80 Å². The number of piperidine rings is 1. The number of imide groups is 1. The molecule has 0 spiro atoms.